The molecule has 0 saturated carbocycles. The smallest absolute Gasteiger partial charge is 0.410 e. The minimum Gasteiger partial charge on any atom is -0.469 e. The number of unbranched alkanes of at least 4 members (excludes halogenated alkanes) is 6. The van der Waals surface area contributed by atoms with E-state index in [1.165, 1.54) is 31.1 Å². The molecule has 0 aliphatic carbocycles. The van der Waals surface area contributed by atoms with Crippen molar-refractivity contribution in [2.24, 2.45) is 0 Å². The van der Waals surface area contributed by atoms with E-state index in [0.29, 0.717) is 32.1 Å². The molecule has 2 atom stereocenters. The van der Waals surface area contributed by atoms with Gasteiger partial charge in [-0.3, -0.25) is 9.59 Å². The molecule has 10 nitrogen and oxygen atoms in total. The van der Waals surface area contributed by atoms with Gasteiger partial charge in [0.2, 0.25) is 5.91 Å². The SMILES string of the molecule is CCCCCCC(C)(O)CCN(C(=O)CN(C)C(=O)OCc1ccccc1)C(CCCCCCC(=O)OC)C(=O)OC. The van der Waals surface area contributed by atoms with Crippen molar-refractivity contribution in [3.05, 3.63) is 35.9 Å². The molecule has 0 fully saturated rings. The second-order valence-corrected chi connectivity index (χ2v) is 11.1. The summed E-state index contributed by atoms with van der Waals surface area (Å²) in [6.45, 7) is 3.79. The predicted molar refractivity (Wildman–Crippen MR) is 160 cm³/mol. The van der Waals surface area contributed by atoms with Crippen molar-refractivity contribution < 1.29 is 38.5 Å². The first kappa shape index (κ1) is 36.9. The normalized spacial score (nSPS) is 13.0. The first-order chi connectivity index (χ1) is 20.0. The van der Waals surface area contributed by atoms with Gasteiger partial charge >= 0.3 is 18.0 Å². The van der Waals surface area contributed by atoms with Crippen molar-refractivity contribution in [1.29, 1.82) is 0 Å². The molecule has 0 aliphatic rings. The maximum atomic E-state index is 13.6. The molecule has 0 spiro atoms. The lowest BCUT2D eigenvalue weighted by Crippen LogP contribution is -2.51. The third kappa shape index (κ3) is 15.2. The van der Waals surface area contributed by atoms with Crippen LogP contribution in [0.15, 0.2) is 30.3 Å². The molecule has 1 aromatic carbocycles. The zero-order chi connectivity index (χ0) is 31.4. The van der Waals surface area contributed by atoms with Crippen molar-refractivity contribution in [3.63, 3.8) is 0 Å². The van der Waals surface area contributed by atoms with E-state index < -0.39 is 29.6 Å². The third-order valence-electron chi connectivity index (χ3n) is 7.36. The standard InChI is InChI=1S/C32H52N2O8/c1-6-7-8-16-21-32(2,39)22-23-34(27(30(37)41-5)19-14-9-10-15-20-29(36)40-4)28(35)24-33(3)31(38)42-25-26-17-12-11-13-18-26/h11-13,17-18,27,39H,6-10,14-16,19-25H2,1-5H3. The Balaban J connectivity index is 2.93. The number of esters is 2. The molecule has 1 rings (SSSR count). The maximum absolute atomic E-state index is 13.6. The van der Waals surface area contributed by atoms with E-state index >= 15 is 0 Å². The lowest BCUT2D eigenvalue weighted by molar-refractivity contribution is -0.154. The highest BCUT2D eigenvalue weighted by Crippen LogP contribution is 2.22. The van der Waals surface area contributed by atoms with Gasteiger partial charge in [0.25, 0.3) is 0 Å². The van der Waals surface area contributed by atoms with Crippen LogP contribution in [0, 0.1) is 0 Å². The molecule has 10 heteroatoms. The molecule has 1 N–H and O–H groups in total. The van der Waals surface area contributed by atoms with E-state index in [-0.39, 0.29) is 32.1 Å². The van der Waals surface area contributed by atoms with Gasteiger partial charge in [-0.1, -0.05) is 82.2 Å². The molecule has 2 amide bonds. The van der Waals surface area contributed by atoms with Crippen LogP contribution in [0.3, 0.4) is 0 Å². The molecule has 0 heterocycles. The quantitative estimate of drug-likeness (QED) is 0.117. The van der Waals surface area contributed by atoms with E-state index in [2.05, 4.69) is 11.7 Å². The van der Waals surface area contributed by atoms with Crippen LogP contribution >= 0.6 is 0 Å². The summed E-state index contributed by atoms with van der Waals surface area (Å²) in [6.07, 6.45) is 7.82. The summed E-state index contributed by atoms with van der Waals surface area (Å²) in [4.78, 5) is 53.1. The van der Waals surface area contributed by atoms with Gasteiger partial charge in [0.05, 0.1) is 19.8 Å². The van der Waals surface area contributed by atoms with E-state index in [0.717, 1.165) is 44.1 Å². The van der Waals surface area contributed by atoms with Crippen LogP contribution in [0.2, 0.25) is 0 Å². The minimum absolute atomic E-state index is 0.0730. The Morgan fingerprint density at radius 3 is 2.21 bits per heavy atom. The summed E-state index contributed by atoms with van der Waals surface area (Å²) < 4.78 is 15.1. The molecule has 42 heavy (non-hydrogen) atoms. The average Bonchev–Trinajstić information content (AvgIpc) is 2.98. The second-order valence-electron chi connectivity index (χ2n) is 11.1. The fraction of sp³-hybridized carbons (Fsp3) is 0.688. The molecular formula is C32H52N2O8. The van der Waals surface area contributed by atoms with Crippen LogP contribution in [0.25, 0.3) is 0 Å². The average molecular weight is 593 g/mol. The van der Waals surface area contributed by atoms with Gasteiger partial charge in [-0.2, -0.15) is 0 Å². The Morgan fingerprint density at radius 2 is 1.57 bits per heavy atom. The Bertz CT molecular complexity index is 938. The van der Waals surface area contributed by atoms with Gasteiger partial charge in [0.1, 0.15) is 19.2 Å². The second kappa shape index (κ2) is 20.7. The summed E-state index contributed by atoms with van der Waals surface area (Å²) in [5.41, 5.74) is -0.188. The zero-order valence-corrected chi connectivity index (χ0v) is 26.3. The van der Waals surface area contributed by atoms with E-state index in [1.807, 2.05) is 30.3 Å². The molecule has 0 aromatic heterocycles. The number of hydrogen-bond acceptors (Lipinski definition) is 8. The van der Waals surface area contributed by atoms with Crippen LogP contribution < -0.4 is 0 Å². The number of rotatable bonds is 21. The van der Waals surface area contributed by atoms with Crippen LogP contribution in [-0.2, 0) is 35.2 Å². The lowest BCUT2D eigenvalue weighted by atomic mass is 9.93. The van der Waals surface area contributed by atoms with Crippen molar-refractivity contribution in [1.82, 2.24) is 9.80 Å². The van der Waals surface area contributed by atoms with Crippen molar-refractivity contribution in [2.45, 2.75) is 109 Å². The van der Waals surface area contributed by atoms with Gasteiger partial charge in [0, 0.05) is 20.0 Å². The molecule has 0 radical (unpaired) electrons. The van der Waals surface area contributed by atoms with Gasteiger partial charge in [-0.25, -0.2) is 9.59 Å². The van der Waals surface area contributed by atoms with E-state index in [4.69, 9.17) is 9.47 Å². The number of benzene rings is 1. The number of hydrogen-bond donors (Lipinski definition) is 1. The van der Waals surface area contributed by atoms with Crippen molar-refractivity contribution >= 4 is 23.9 Å². The van der Waals surface area contributed by atoms with Crippen molar-refractivity contribution in [3.8, 4) is 0 Å². The minimum atomic E-state index is -1.01. The summed E-state index contributed by atoms with van der Waals surface area (Å²) >= 11 is 0. The lowest BCUT2D eigenvalue weighted by Gasteiger charge is -2.34. The largest absolute Gasteiger partial charge is 0.469 e. The molecule has 2 unspecified atom stereocenters. The summed E-state index contributed by atoms with van der Waals surface area (Å²) in [6, 6.07) is 8.37. The van der Waals surface area contributed by atoms with Crippen LogP contribution in [0.5, 0.6) is 0 Å². The predicted octanol–water partition coefficient (Wildman–Crippen LogP) is 5.25. The van der Waals surface area contributed by atoms with Crippen LogP contribution in [-0.4, -0.2) is 84.8 Å². The van der Waals surface area contributed by atoms with Crippen molar-refractivity contribution in [2.75, 3.05) is 34.4 Å². The van der Waals surface area contributed by atoms with Gasteiger partial charge in [-0.15, -0.1) is 0 Å². The number of methoxy groups -OCH3 is 2. The highest BCUT2D eigenvalue weighted by Gasteiger charge is 2.33. The van der Waals surface area contributed by atoms with E-state index in [1.54, 1.807) is 6.92 Å². The molecule has 238 valence electrons. The van der Waals surface area contributed by atoms with Crippen LogP contribution in [0.4, 0.5) is 4.79 Å². The Hall–Kier alpha value is -3.14. The number of amides is 2. The Kier molecular flexibility index (Phi) is 18.2. The molecule has 0 saturated heterocycles. The highest BCUT2D eigenvalue weighted by atomic mass is 16.6. The Labute approximate surface area is 251 Å². The first-order valence-electron chi connectivity index (χ1n) is 15.1. The molecule has 0 aliphatic heterocycles. The molecule has 1 aromatic rings. The number of nitrogens with zero attached hydrogens (tertiary/aromatic N) is 2. The topological polar surface area (TPSA) is 123 Å². The number of ether oxygens (including phenoxy) is 3. The number of carbonyl (C=O) groups excluding carboxylic acids is 4. The van der Waals surface area contributed by atoms with E-state index in [9.17, 15) is 24.3 Å². The summed E-state index contributed by atoms with van der Waals surface area (Å²) in [7, 11) is 4.12. The third-order valence-corrected chi connectivity index (χ3v) is 7.36. The van der Waals surface area contributed by atoms with Crippen LogP contribution in [0.1, 0.15) is 96.5 Å². The highest BCUT2D eigenvalue weighted by molar-refractivity contribution is 5.87. The zero-order valence-electron chi connectivity index (χ0n) is 26.3. The molecular weight excluding hydrogens is 540 g/mol. The monoisotopic (exact) mass is 592 g/mol. The fourth-order valence-electron chi connectivity index (χ4n) is 4.66. The fourth-order valence-corrected chi connectivity index (χ4v) is 4.66. The van der Waals surface area contributed by atoms with Gasteiger partial charge in [0.15, 0.2) is 0 Å². The summed E-state index contributed by atoms with van der Waals surface area (Å²) in [5.74, 6) is -1.24. The molecule has 0 bridgehead atoms. The Morgan fingerprint density at radius 1 is 0.905 bits per heavy atom. The summed E-state index contributed by atoms with van der Waals surface area (Å²) in [5, 5.41) is 11.0. The number of likely N-dealkylation sites (N-methyl/N-ethyl adjacent to an activating group) is 1. The number of carbonyl (C=O) groups is 4. The maximum Gasteiger partial charge on any atom is 0.410 e. The van der Waals surface area contributed by atoms with Gasteiger partial charge in [-0.05, 0) is 38.2 Å². The number of aliphatic hydroxyl groups is 1. The first-order valence-corrected chi connectivity index (χ1v) is 15.1. The van der Waals surface area contributed by atoms with Gasteiger partial charge < -0.3 is 29.1 Å².